The number of halogens is 8. The summed E-state index contributed by atoms with van der Waals surface area (Å²) in [5.41, 5.74) is -0.950. The van der Waals surface area contributed by atoms with Gasteiger partial charge in [-0.15, -0.1) is 5.01 Å². The monoisotopic (exact) mass is 528 g/mol. The Morgan fingerprint density at radius 1 is 1.24 bits per heavy atom. The third kappa shape index (κ3) is 5.63. The number of esters is 1. The summed E-state index contributed by atoms with van der Waals surface area (Å²) >= 11 is 0. The molecule has 0 bridgehead atoms. The van der Waals surface area contributed by atoms with E-state index >= 15 is 0 Å². The Labute approximate surface area is 186 Å². The molecule has 0 radical (unpaired) electrons. The van der Waals surface area contributed by atoms with E-state index in [4.69, 9.17) is 9.57 Å². The van der Waals surface area contributed by atoms with Crippen LogP contribution in [0.4, 0.5) is 32.6 Å². The summed E-state index contributed by atoms with van der Waals surface area (Å²) in [4.78, 5) is 26.4. The number of nitrogens with zero attached hydrogens (tertiary/aromatic N) is 2. The molecule has 0 saturated carbocycles. The van der Waals surface area contributed by atoms with Crippen molar-refractivity contribution in [2.24, 2.45) is 0 Å². The van der Waals surface area contributed by atoms with Crippen molar-refractivity contribution in [3.63, 3.8) is 0 Å². The molecule has 2 heterocycles. The second-order valence-electron chi connectivity index (χ2n) is 7.53. The normalized spacial score (nSPS) is 21.1. The van der Waals surface area contributed by atoms with E-state index in [1.54, 1.807) is 0 Å². The van der Waals surface area contributed by atoms with Gasteiger partial charge in [-0.2, -0.15) is 18.0 Å². The molecule has 0 spiro atoms. The lowest BCUT2D eigenvalue weighted by Gasteiger charge is -2.41. The number of carbonyl (C=O) groups is 1. The van der Waals surface area contributed by atoms with E-state index in [0.29, 0.717) is 19.2 Å². The number of nitroso groups, excluding NO2 is 1. The van der Waals surface area contributed by atoms with Crippen molar-refractivity contribution in [1.29, 1.82) is 0 Å². The zero-order valence-electron chi connectivity index (χ0n) is 17.4. The zero-order valence-corrected chi connectivity index (χ0v) is 18.2. The van der Waals surface area contributed by atoms with Gasteiger partial charge >= 0.3 is 22.4 Å². The van der Waals surface area contributed by atoms with Gasteiger partial charge in [0, 0.05) is 18.1 Å². The Hall–Kier alpha value is -2.82. The van der Waals surface area contributed by atoms with Crippen LogP contribution in [-0.2, 0) is 14.4 Å². The number of nitrogens with one attached hydrogen (secondary N) is 1. The summed E-state index contributed by atoms with van der Waals surface area (Å²) in [5.74, 6) is -2.48. The summed E-state index contributed by atoms with van der Waals surface area (Å²) in [6.45, 7) is 2.70. The maximum absolute atomic E-state index is 13.5. The number of ether oxygens (including phenoxy) is 2. The highest BCUT2D eigenvalue weighted by Crippen LogP contribution is 3.02. The molecule has 3 rings (SSSR count). The van der Waals surface area contributed by atoms with Crippen molar-refractivity contribution in [3.05, 3.63) is 33.7 Å². The number of benzene rings is 1. The van der Waals surface area contributed by atoms with Gasteiger partial charge in [-0.05, 0) is 37.1 Å². The first-order valence-corrected chi connectivity index (χ1v) is 11.4. The van der Waals surface area contributed by atoms with E-state index in [2.05, 4.69) is 4.74 Å². The summed E-state index contributed by atoms with van der Waals surface area (Å²) in [6.07, 6.45) is -8.75. The van der Waals surface area contributed by atoms with Crippen LogP contribution in [0.3, 0.4) is 0 Å². The van der Waals surface area contributed by atoms with E-state index in [1.165, 1.54) is 5.01 Å². The van der Waals surface area contributed by atoms with Crippen LogP contribution in [-0.4, -0.2) is 47.6 Å². The third-order valence-electron chi connectivity index (χ3n) is 4.74. The maximum atomic E-state index is 13.5. The number of hydrogen-bond acceptors (Lipinski definition) is 5. The molecule has 0 amide bonds. The second-order valence-corrected chi connectivity index (χ2v) is 9.94. The van der Waals surface area contributed by atoms with Crippen LogP contribution in [0, 0.1) is 11.8 Å². The lowest BCUT2D eigenvalue weighted by molar-refractivity contribution is -0.801. The number of aryl methyl sites for hydroxylation is 1. The van der Waals surface area contributed by atoms with Crippen LogP contribution >= 0.6 is 10.2 Å². The minimum Gasteiger partial charge on any atom is -0.475 e. The fourth-order valence-corrected chi connectivity index (χ4v) is 3.74. The van der Waals surface area contributed by atoms with Gasteiger partial charge in [0.15, 0.2) is 0 Å². The molecular formula is C17H18F8N3O5S+. The number of carbonyl (C=O) groups excluding carboxylic acids is 1. The van der Waals surface area contributed by atoms with Gasteiger partial charge in [0.1, 0.15) is 10.6 Å². The molecule has 2 atom stereocenters. The molecule has 34 heavy (non-hydrogen) atoms. The van der Waals surface area contributed by atoms with Gasteiger partial charge in [0.05, 0.1) is 23.6 Å². The van der Waals surface area contributed by atoms with Gasteiger partial charge in [-0.25, -0.2) is 4.79 Å². The minimum absolute atomic E-state index is 0.0284. The Balaban J connectivity index is 1.89. The largest absolute Gasteiger partial charge is 0.475 e. The highest BCUT2D eigenvalue weighted by atomic mass is 32.5. The smallest absolute Gasteiger partial charge is 0.430 e. The van der Waals surface area contributed by atoms with Crippen LogP contribution in [0.5, 0.6) is 5.75 Å². The minimum atomic E-state index is -10.2. The predicted octanol–water partition coefficient (Wildman–Crippen LogP) is 5.08. The van der Waals surface area contributed by atoms with Crippen LogP contribution in [0.25, 0.3) is 6.08 Å². The first-order valence-electron chi connectivity index (χ1n) is 9.44. The summed E-state index contributed by atoms with van der Waals surface area (Å²) in [7, 11) is -10.2. The Morgan fingerprint density at radius 2 is 1.85 bits per heavy atom. The Morgan fingerprint density at radius 3 is 2.35 bits per heavy atom. The predicted molar refractivity (Wildman–Crippen MR) is 101 cm³/mol. The van der Waals surface area contributed by atoms with E-state index in [0.717, 1.165) is 20.3 Å². The topological polar surface area (TPSA) is 80.1 Å². The number of rotatable bonds is 7. The number of hydrogen-bond donors (Lipinski definition) is 1. The fourth-order valence-electron chi connectivity index (χ4n) is 2.99. The fraction of sp³-hybridized carbons (Fsp3) is 0.471. The van der Waals surface area contributed by atoms with Crippen molar-refractivity contribution in [3.8, 4) is 5.75 Å². The summed E-state index contributed by atoms with van der Waals surface area (Å²) in [5, 5.41) is 1.24. The summed E-state index contributed by atoms with van der Waals surface area (Å²) < 4.78 is 116. The van der Waals surface area contributed by atoms with Gasteiger partial charge in [0.2, 0.25) is 12.4 Å². The van der Waals surface area contributed by atoms with Crippen molar-refractivity contribution >= 4 is 22.3 Å². The lowest BCUT2D eigenvalue weighted by Crippen LogP contribution is -2.50. The van der Waals surface area contributed by atoms with Gasteiger partial charge in [-0.1, -0.05) is 19.4 Å². The maximum Gasteiger partial charge on any atom is 0.430 e. The lowest BCUT2D eigenvalue weighted by atomic mass is 9.99. The highest BCUT2D eigenvalue weighted by Gasteiger charge is 2.65. The zero-order chi connectivity index (χ0) is 25.8. The van der Waals surface area contributed by atoms with Crippen LogP contribution in [0.1, 0.15) is 24.5 Å². The number of alkyl halides is 3. The molecular weight excluding hydrogens is 510 g/mol. The molecule has 0 aliphatic carbocycles. The van der Waals surface area contributed by atoms with Gasteiger partial charge in [-0.3, -0.25) is 0 Å². The van der Waals surface area contributed by atoms with Crippen molar-refractivity contribution in [2.45, 2.75) is 43.7 Å². The Kier molecular flexibility index (Phi) is 5.76. The van der Waals surface area contributed by atoms with Crippen molar-refractivity contribution in [1.82, 2.24) is 10.6 Å². The Bertz CT molecular complexity index is 1060. The van der Waals surface area contributed by atoms with Gasteiger partial charge in [0.25, 0.3) is 4.98 Å². The van der Waals surface area contributed by atoms with Crippen molar-refractivity contribution < 1.29 is 56.7 Å². The molecule has 1 saturated heterocycles. The third-order valence-corrected chi connectivity index (χ3v) is 5.87. The van der Waals surface area contributed by atoms with Gasteiger partial charge < -0.3 is 9.47 Å². The molecule has 2 aliphatic heterocycles. The van der Waals surface area contributed by atoms with E-state index < -0.39 is 62.1 Å². The molecule has 192 valence electrons. The van der Waals surface area contributed by atoms with E-state index in [1.807, 2.05) is 5.59 Å². The van der Waals surface area contributed by atoms with Crippen LogP contribution in [0.2, 0.25) is 0 Å². The highest BCUT2D eigenvalue weighted by molar-refractivity contribution is 8.45. The van der Waals surface area contributed by atoms with Crippen LogP contribution in [0.15, 0.2) is 22.6 Å². The summed E-state index contributed by atoms with van der Waals surface area (Å²) in [6, 6.07) is -0.132. The quantitative estimate of drug-likeness (QED) is 0.174. The molecule has 1 fully saturated rings. The molecule has 8 nitrogen and oxygen atoms in total. The van der Waals surface area contributed by atoms with Crippen LogP contribution < -0.4 is 10.3 Å². The molecule has 1 unspecified atom stereocenters. The molecule has 17 heteroatoms. The SMILES string of the molecule is Cc1cc(S(F)(F)(F)(F)F)cc2c1O[C@H](C(F)(F)F)C(C(=O)OC(C)ON[N+](=O)N1CCC1)=C2. The first kappa shape index (κ1) is 25.8. The average molecular weight is 528 g/mol. The molecule has 1 aromatic carbocycles. The second kappa shape index (κ2) is 7.59. The number of fused-ring (bicyclic) bond motifs is 1. The van der Waals surface area contributed by atoms with Crippen molar-refractivity contribution in [2.75, 3.05) is 13.1 Å². The molecule has 2 aliphatic rings. The standard InChI is InChI=1S/C17H18F8N3O5S/c1-9-6-12(34(21,22,23,24)25)7-11-8-13(15(17(18,19)20)32-14(9)11)16(29)31-10(2)33-26-28(30)27-4-3-5-27/h6-8,10,15H,3-5H2,1-2H3,(H,26,30)/q+1/t10?,15-/m0/s1. The molecule has 1 N–H and O–H groups in total. The first-order chi connectivity index (χ1) is 15.3. The molecule has 0 aromatic heterocycles. The number of hydrazine groups is 2. The van der Waals surface area contributed by atoms with E-state index in [9.17, 15) is 42.3 Å². The van der Waals surface area contributed by atoms with E-state index in [-0.39, 0.29) is 17.1 Å². The molecule has 1 aromatic rings. The average Bonchev–Trinajstić information content (AvgIpc) is 2.61.